The molecule has 13 nitrogen and oxygen atoms in total. The van der Waals surface area contributed by atoms with Crippen molar-refractivity contribution in [3.8, 4) is 28.5 Å². The van der Waals surface area contributed by atoms with E-state index < -0.39 is 59.1 Å². The molecule has 0 spiro atoms. The summed E-state index contributed by atoms with van der Waals surface area (Å²) in [5, 5.41) is 16.5. The third kappa shape index (κ3) is 8.20. The first-order valence-electron chi connectivity index (χ1n) is 18.3. The molecule has 1 aromatic heterocycles. The average molecular weight is 749 g/mol. The van der Waals surface area contributed by atoms with Crippen LogP contribution in [0.4, 0.5) is 4.79 Å². The van der Waals surface area contributed by atoms with Gasteiger partial charge in [0.15, 0.2) is 0 Å². The Balaban J connectivity index is 1.27. The smallest absolute Gasteiger partial charge is 0.408 e. The second-order valence-corrected chi connectivity index (χ2v) is 15.1. The number of carboxylic acids is 1. The van der Waals surface area contributed by atoms with Crippen LogP contribution in [0.25, 0.3) is 22.2 Å². The van der Waals surface area contributed by atoms with E-state index in [1.54, 1.807) is 64.3 Å². The van der Waals surface area contributed by atoms with Gasteiger partial charge in [-0.25, -0.2) is 14.6 Å². The molecule has 55 heavy (non-hydrogen) atoms. The van der Waals surface area contributed by atoms with Crippen molar-refractivity contribution in [1.29, 1.82) is 0 Å². The summed E-state index contributed by atoms with van der Waals surface area (Å²) in [6.45, 7) is 5.29. The summed E-state index contributed by atoms with van der Waals surface area (Å²) < 4.78 is 23.6. The van der Waals surface area contributed by atoms with Crippen LogP contribution in [0.2, 0.25) is 0 Å². The summed E-state index contributed by atoms with van der Waals surface area (Å²) in [7, 11) is 1.58. The fourth-order valence-corrected chi connectivity index (χ4v) is 7.19. The molecule has 1 aliphatic carbocycles. The van der Waals surface area contributed by atoms with Crippen LogP contribution in [0.5, 0.6) is 17.2 Å². The Morgan fingerprint density at radius 1 is 1.04 bits per heavy atom. The molecule has 0 radical (unpaired) electrons. The van der Waals surface area contributed by atoms with Crippen molar-refractivity contribution in [2.24, 2.45) is 5.92 Å². The second-order valence-electron chi connectivity index (χ2n) is 15.1. The van der Waals surface area contributed by atoms with Gasteiger partial charge in [0.1, 0.15) is 53.2 Å². The molecule has 3 N–H and O–H groups in total. The van der Waals surface area contributed by atoms with Gasteiger partial charge in [-0.05, 0) is 57.0 Å². The number of carboxylic acid groups (broad SMARTS) is 1. The first kappa shape index (κ1) is 37.2. The van der Waals surface area contributed by atoms with E-state index in [2.05, 4.69) is 10.6 Å². The van der Waals surface area contributed by atoms with Crippen molar-refractivity contribution in [1.82, 2.24) is 20.5 Å². The number of carbonyl (C=O) groups excluding carboxylic acids is 3. The number of benzene rings is 3. The molecule has 3 aliphatic rings. The molecule has 5 atom stereocenters. The highest BCUT2D eigenvalue weighted by molar-refractivity contribution is 5.96. The Hall–Kier alpha value is -6.11. The number of aromatic nitrogens is 1. The lowest BCUT2D eigenvalue weighted by Crippen LogP contribution is -2.57. The molecule has 1 saturated carbocycles. The number of ether oxygens (including phenoxy) is 4. The van der Waals surface area contributed by atoms with E-state index in [9.17, 15) is 24.3 Å². The highest BCUT2D eigenvalue weighted by Crippen LogP contribution is 2.45. The molecule has 1 unspecified atom stereocenters. The van der Waals surface area contributed by atoms with Gasteiger partial charge in [-0.1, -0.05) is 54.6 Å². The zero-order valence-electron chi connectivity index (χ0n) is 31.1. The normalized spacial score (nSPS) is 24.4. The standard InChI is InChI=1S/C42H44N4O9/c1-41(2,3)55-40(51)44-34-19-25-10-8-14-29(18-25)53-17-9-13-27-23-42(27,39(49)50)45-37(47)35-21-30(24-46(35)38(34)48)54-36-22-32(26-11-6-5-7-12-26)43-33-20-28(52-4)15-16-31(33)36/h5-16,18,20,22,27,30,34-35H,17,19,21,23-24H2,1-4H3,(H,44,51)(H,45,47)(H,49,50)/b13-9-/t27?,30-,34-,35+,42+/m1/s1. The van der Waals surface area contributed by atoms with Crippen LogP contribution in [-0.4, -0.2) is 88.5 Å². The van der Waals surface area contributed by atoms with Crippen molar-refractivity contribution in [2.45, 2.75) is 69.4 Å². The Labute approximate surface area is 318 Å². The minimum absolute atomic E-state index is 0.0311. The summed E-state index contributed by atoms with van der Waals surface area (Å²) >= 11 is 0. The number of methoxy groups -OCH3 is 1. The predicted molar refractivity (Wildman–Crippen MR) is 203 cm³/mol. The first-order chi connectivity index (χ1) is 26.3. The van der Waals surface area contributed by atoms with Gasteiger partial charge in [0.25, 0.3) is 0 Å². The molecule has 3 amide bonds. The summed E-state index contributed by atoms with van der Waals surface area (Å²) in [6.07, 6.45) is 2.26. The van der Waals surface area contributed by atoms with Crippen LogP contribution >= 0.6 is 0 Å². The van der Waals surface area contributed by atoms with Crippen molar-refractivity contribution in [2.75, 3.05) is 20.3 Å². The number of hydrogen-bond acceptors (Lipinski definition) is 9. The number of aliphatic carboxylic acids is 1. The maximum absolute atomic E-state index is 14.7. The van der Waals surface area contributed by atoms with Gasteiger partial charge in [0.05, 0.1) is 24.9 Å². The molecule has 7 rings (SSSR count). The summed E-state index contributed by atoms with van der Waals surface area (Å²) in [5.41, 5.74) is 0.450. The van der Waals surface area contributed by atoms with Gasteiger partial charge in [-0.2, -0.15) is 0 Å². The van der Waals surface area contributed by atoms with E-state index in [4.69, 9.17) is 23.9 Å². The van der Waals surface area contributed by atoms with E-state index in [1.165, 1.54) is 4.90 Å². The highest BCUT2D eigenvalue weighted by Gasteiger charge is 2.61. The fourth-order valence-electron chi connectivity index (χ4n) is 7.19. The zero-order chi connectivity index (χ0) is 38.9. The van der Waals surface area contributed by atoms with Gasteiger partial charge < -0.3 is 39.6 Å². The molecule has 3 heterocycles. The molecule has 2 bridgehead atoms. The van der Waals surface area contributed by atoms with E-state index in [-0.39, 0.29) is 32.4 Å². The van der Waals surface area contributed by atoms with E-state index in [0.717, 1.165) is 5.56 Å². The Bertz CT molecular complexity index is 2150. The fraction of sp³-hybridized carbons (Fsp3) is 0.357. The van der Waals surface area contributed by atoms with Crippen molar-refractivity contribution in [3.05, 3.63) is 96.6 Å². The third-order valence-electron chi connectivity index (χ3n) is 9.98. The largest absolute Gasteiger partial charge is 0.497 e. The number of alkyl carbamates (subject to hydrolysis) is 1. The van der Waals surface area contributed by atoms with E-state index in [0.29, 0.717) is 39.4 Å². The van der Waals surface area contributed by atoms with Gasteiger partial charge in [-0.3, -0.25) is 9.59 Å². The maximum atomic E-state index is 14.7. The number of nitrogens with one attached hydrogen (secondary N) is 2. The van der Waals surface area contributed by atoms with Crippen LogP contribution in [0.15, 0.2) is 91.0 Å². The lowest BCUT2D eigenvalue weighted by atomic mass is 10.0. The summed E-state index contributed by atoms with van der Waals surface area (Å²) in [6, 6.07) is 21.8. The highest BCUT2D eigenvalue weighted by atomic mass is 16.6. The average Bonchev–Trinajstić information content (AvgIpc) is 3.69. The Morgan fingerprint density at radius 2 is 1.84 bits per heavy atom. The molecule has 2 fully saturated rings. The van der Waals surface area contributed by atoms with E-state index in [1.807, 2.05) is 54.6 Å². The van der Waals surface area contributed by atoms with Crippen LogP contribution in [0, 0.1) is 5.92 Å². The molecular formula is C42H44N4O9. The molecule has 286 valence electrons. The van der Waals surface area contributed by atoms with Gasteiger partial charge in [0, 0.05) is 41.8 Å². The minimum atomic E-state index is -1.54. The van der Waals surface area contributed by atoms with Crippen LogP contribution < -0.4 is 24.8 Å². The number of pyridine rings is 1. The second kappa shape index (κ2) is 15.0. The number of hydrogen-bond donors (Lipinski definition) is 3. The monoisotopic (exact) mass is 748 g/mol. The summed E-state index contributed by atoms with van der Waals surface area (Å²) in [5.74, 6) is -1.20. The van der Waals surface area contributed by atoms with Crippen LogP contribution in [-0.2, 0) is 25.5 Å². The van der Waals surface area contributed by atoms with E-state index >= 15 is 0 Å². The maximum Gasteiger partial charge on any atom is 0.408 e. The molecule has 13 heteroatoms. The molecule has 3 aromatic carbocycles. The number of fused-ring (bicyclic) bond motifs is 5. The lowest BCUT2D eigenvalue weighted by molar-refractivity contribution is -0.145. The minimum Gasteiger partial charge on any atom is -0.497 e. The van der Waals surface area contributed by atoms with Crippen LogP contribution in [0.3, 0.4) is 0 Å². The Morgan fingerprint density at radius 3 is 2.58 bits per heavy atom. The number of rotatable bonds is 6. The molecule has 2 aliphatic heterocycles. The van der Waals surface area contributed by atoms with Crippen molar-refractivity contribution in [3.63, 3.8) is 0 Å². The van der Waals surface area contributed by atoms with Crippen molar-refractivity contribution < 1.29 is 43.2 Å². The topological polar surface area (TPSA) is 166 Å². The SMILES string of the molecule is COc1ccc2c(O[C@@H]3C[C@H]4C(=O)N[C@@]5(C(=O)O)CC5/C=C\COc5cccc(c5)C[C@@H](NC(=O)OC(C)(C)C)C(=O)N4C3)cc(-c3ccccc3)nc2c1. The van der Waals surface area contributed by atoms with Gasteiger partial charge in [-0.15, -0.1) is 0 Å². The Kier molecular flexibility index (Phi) is 10.1. The third-order valence-corrected chi connectivity index (χ3v) is 9.98. The predicted octanol–water partition coefficient (Wildman–Crippen LogP) is 5.30. The molecule has 4 aromatic rings. The van der Waals surface area contributed by atoms with Gasteiger partial charge >= 0.3 is 12.1 Å². The number of nitrogens with zero attached hydrogens (tertiary/aromatic N) is 2. The molecule has 1 saturated heterocycles. The molecular weight excluding hydrogens is 704 g/mol. The van der Waals surface area contributed by atoms with Crippen molar-refractivity contribution >= 4 is 34.8 Å². The number of carbonyl (C=O) groups is 4. The quantitative estimate of drug-likeness (QED) is 0.220. The first-order valence-corrected chi connectivity index (χ1v) is 18.3. The number of amides is 3. The van der Waals surface area contributed by atoms with Gasteiger partial charge in [0.2, 0.25) is 11.8 Å². The summed E-state index contributed by atoms with van der Waals surface area (Å²) in [4.78, 5) is 61.0. The van der Waals surface area contributed by atoms with Crippen LogP contribution in [0.1, 0.15) is 39.2 Å². The zero-order valence-corrected chi connectivity index (χ0v) is 31.1. The lowest BCUT2D eigenvalue weighted by Gasteiger charge is -2.30.